The molecule has 1 atom stereocenters. The van der Waals surface area contributed by atoms with Crippen LogP contribution >= 0.6 is 11.8 Å². The fraction of sp³-hybridized carbons (Fsp3) is 0.389. The molecule has 0 radical (unpaired) electrons. The maximum Gasteiger partial charge on any atom is 0.332 e. The van der Waals surface area contributed by atoms with E-state index in [1.807, 2.05) is 34.9 Å². The van der Waals surface area contributed by atoms with Gasteiger partial charge in [0.2, 0.25) is 0 Å². The van der Waals surface area contributed by atoms with Crippen LogP contribution in [0.25, 0.3) is 11.2 Å². The van der Waals surface area contributed by atoms with Crippen molar-refractivity contribution < 1.29 is 0 Å². The van der Waals surface area contributed by atoms with Crippen molar-refractivity contribution in [1.29, 1.82) is 0 Å². The number of fused-ring (bicyclic) bond motifs is 1. The van der Waals surface area contributed by atoms with Gasteiger partial charge in [-0.15, -0.1) is 0 Å². The second-order valence-corrected chi connectivity index (χ2v) is 7.59. The Hall–Kier alpha value is -2.28. The molecule has 0 saturated carbocycles. The predicted molar refractivity (Wildman–Crippen MR) is 101 cm³/mol. The highest BCUT2D eigenvalue weighted by Crippen LogP contribution is 2.27. The van der Waals surface area contributed by atoms with E-state index in [-0.39, 0.29) is 11.2 Å². The van der Waals surface area contributed by atoms with Crippen LogP contribution in [0.1, 0.15) is 25.8 Å². The topological polar surface area (TPSA) is 61.8 Å². The van der Waals surface area contributed by atoms with Crippen molar-refractivity contribution in [3.63, 3.8) is 0 Å². The molecule has 0 aliphatic heterocycles. The van der Waals surface area contributed by atoms with Crippen LogP contribution in [0.2, 0.25) is 0 Å². The molecule has 7 heteroatoms. The molecule has 0 N–H and O–H groups in total. The third-order valence-corrected chi connectivity index (χ3v) is 5.64. The minimum absolute atomic E-state index is 0.308. The van der Waals surface area contributed by atoms with Gasteiger partial charge in [0.25, 0.3) is 5.56 Å². The number of hydrogen-bond donors (Lipinski definition) is 0. The summed E-state index contributed by atoms with van der Waals surface area (Å²) in [4.78, 5) is 29.6. The lowest BCUT2D eigenvalue weighted by Gasteiger charge is -2.11. The molecule has 2 heterocycles. The molecule has 0 fully saturated rings. The largest absolute Gasteiger partial charge is 0.332 e. The second kappa shape index (κ2) is 6.92. The Morgan fingerprint density at radius 1 is 1.12 bits per heavy atom. The summed E-state index contributed by atoms with van der Waals surface area (Å²) in [6.07, 6.45) is 0.996. The number of nitrogens with zero attached hydrogens (tertiary/aromatic N) is 4. The van der Waals surface area contributed by atoms with E-state index >= 15 is 0 Å². The van der Waals surface area contributed by atoms with E-state index < -0.39 is 0 Å². The summed E-state index contributed by atoms with van der Waals surface area (Å²) in [7, 11) is 3.16. The maximum atomic E-state index is 12.8. The Balaban J connectivity index is 2.28. The van der Waals surface area contributed by atoms with Gasteiger partial charge < -0.3 is 4.57 Å². The molecule has 3 aromatic rings. The average molecular weight is 358 g/mol. The van der Waals surface area contributed by atoms with E-state index in [9.17, 15) is 9.59 Å². The van der Waals surface area contributed by atoms with Crippen molar-refractivity contribution in [2.24, 2.45) is 14.1 Å². The minimum Gasteiger partial charge on any atom is -0.309 e. The number of imidazole rings is 1. The quantitative estimate of drug-likeness (QED) is 0.657. The molecule has 2 aromatic heterocycles. The van der Waals surface area contributed by atoms with E-state index in [1.54, 1.807) is 18.8 Å². The van der Waals surface area contributed by atoms with Gasteiger partial charge in [0.15, 0.2) is 16.3 Å². The Labute approximate surface area is 150 Å². The normalized spacial score (nSPS) is 12.6. The fourth-order valence-corrected chi connectivity index (χ4v) is 3.64. The van der Waals surface area contributed by atoms with E-state index in [1.165, 1.54) is 11.6 Å². The van der Waals surface area contributed by atoms with E-state index in [0.717, 1.165) is 21.7 Å². The Bertz CT molecular complexity index is 1020. The second-order valence-electron chi connectivity index (χ2n) is 6.18. The highest BCUT2D eigenvalue weighted by atomic mass is 32.2. The van der Waals surface area contributed by atoms with Gasteiger partial charge in [-0.05, 0) is 12.0 Å². The summed E-state index contributed by atoms with van der Waals surface area (Å²) in [6.45, 7) is 4.80. The monoisotopic (exact) mass is 358 g/mol. The van der Waals surface area contributed by atoms with Gasteiger partial charge in [0.1, 0.15) is 0 Å². The van der Waals surface area contributed by atoms with Crippen LogP contribution in [0.5, 0.6) is 0 Å². The van der Waals surface area contributed by atoms with Crippen LogP contribution in [-0.4, -0.2) is 23.9 Å². The van der Waals surface area contributed by atoms with Crippen molar-refractivity contribution in [1.82, 2.24) is 18.7 Å². The third kappa shape index (κ3) is 3.16. The SMILES string of the molecule is CC[C@H](C)Sc1nc2c(c(=O)n(C)c(=O)n2C)n1Cc1ccccc1. The number of aromatic nitrogens is 4. The Morgan fingerprint density at radius 2 is 1.80 bits per heavy atom. The van der Waals surface area contributed by atoms with Crippen LogP contribution in [0.15, 0.2) is 45.1 Å². The minimum atomic E-state index is -0.359. The molecule has 6 nitrogen and oxygen atoms in total. The van der Waals surface area contributed by atoms with Gasteiger partial charge in [-0.1, -0.05) is 55.9 Å². The Kier molecular flexibility index (Phi) is 4.85. The van der Waals surface area contributed by atoms with Crippen LogP contribution < -0.4 is 11.2 Å². The van der Waals surface area contributed by atoms with Crippen LogP contribution in [0, 0.1) is 0 Å². The van der Waals surface area contributed by atoms with Crippen molar-refractivity contribution >= 4 is 22.9 Å². The maximum absolute atomic E-state index is 12.8. The predicted octanol–water partition coefficient (Wildman–Crippen LogP) is 2.37. The average Bonchev–Trinajstić information content (AvgIpc) is 2.97. The molecule has 0 bridgehead atoms. The lowest BCUT2D eigenvalue weighted by Crippen LogP contribution is -2.37. The highest BCUT2D eigenvalue weighted by molar-refractivity contribution is 7.99. The molecule has 0 aliphatic carbocycles. The summed E-state index contributed by atoms with van der Waals surface area (Å²) in [5.41, 5.74) is 1.33. The van der Waals surface area contributed by atoms with Crippen molar-refractivity contribution in [3.8, 4) is 0 Å². The zero-order valence-electron chi connectivity index (χ0n) is 14.9. The van der Waals surface area contributed by atoms with Crippen molar-refractivity contribution in [2.45, 2.75) is 37.2 Å². The van der Waals surface area contributed by atoms with E-state index in [2.05, 4.69) is 18.8 Å². The zero-order chi connectivity index (χ0) is 18.1. The van der Waals surface area contributed by atoms with E-state index in [4.69, 9.17) is 0 Å². The number of benzene rings is 1. The standard InChI is InChI=1S/C18H22N4O2S/c1-5-12(2)25-17-19-15-14(16(23)21(4)18(24)20(15)3)22(17)11-13-9-7-6-8-10-13/h6-10,12H,5,11H2,1-4H3/t12-/m0/s1. The third-order valence-electron chi connectivity index (χ3n) is 4.38. The molecule has 0 amide bonds. The van der Waals surface area contributed by atoms with Crippen LogP contribution in [0.4, 0.5) is 0 Å². The molecule has 132 valence electrons. The zero-order valence-corrected chi connectivity index (χ0v) is 15.7. The van der Waals surface area contributed by atoms with Gasteiger partial charge in [-0.25, -0.2) is 9.78 Å². The summed E-state index contributed by atoms with van der Waals surface area (Å²) in [5, 5.41) is 1.14. The van der Waals surface area contributed by atoms with Crippen molar-refractivity contribution in [3.05, 3.63) is 56.7 Å². The molecule has 25 heavy (non-hydrogen) atoms. The molecular formula is C18H22N4O2S. The number of hydrogen-bond acceptors (Lipinski definition) is 4. The number of aryl methyl sites for hydroxylation is 1. The molecule has 1 aromatic carbocycles. The van der Waals surface area contributed by atoms with Crippen molar-refractivity contribution in [2.75, 3.05) is 0 Å². The molecule has 3 rings (SSSR count). The van der Waals surface area contributed by atoms with Gasteiger partial charge >= 0.3 is 5.69 Å². The summed E-state index contributed by atoms with van der Waals surface area (Å²) in [6, 6.07) is 9.96. The molecule has 0 saturated heterocycles. The summed E-state index contributed by atoms with van der Waals surface area (Å²) in [5.74, 6) is 0. The van der Waals surface area contributed by atoms with Crippen LogP contribution in [-0.2, 0) is 20.6 Å². The molecule has 0 unspecified atom stereocenters. The first-order chi connectivity index (χ1) is 11.9. The number of rotatable bonds is 5. The molecule has 0 spiro atoms. The first-order valence-corrected chi connectivity index (χ1v) is 9.18. The number of thioether (sulfide) groups is 1. The fourth-order valence-electron chi connectivity index (χ4n) is 2.69. The lowest BCUT2D eigenvalue weighted by atomic mass is 10.2. The highest BCUT2D eigenvalue weighted by Gasteiger charge is 2.20. The molecular weight excluding hydrogens is 336 g/mol. The van der Waals surface area contributed by atoms with Gasteiger partial charge in [0.05, 0.1) is 6.54 Å². The molecule has 0 aliphatic rings. The summed E-state index contributed by atoms with van der Waals surface area (Å²) >= 11 is 1.63. The van der Waals surface area contributed by atoms with Gasteiger partial charge in [0, 0.05) is 19.3 Å². The van der Waals surface area contributed by atoms with Crippen LogP contribution in [0.3, 0.4) is 0 Å². The Morgan fingerprint density at radius 3 is 2.44 bits per heavy atom. The first-order valence-electron chi connectivity index (χ1n) is 8.30. The smallest absolute Gasteiger partial charge is 0.309 e. The first kappa shape index (κ1) is 17.5. The van der Waals surface area contributed by atoms with E-state index in [0.29, 0.717) is 23.0 Å². The van der Waals surface area contributed by atoms with Gasteiger partial charge in [-0.2, -0.15) is 0 Å². The summed E-state index contributed by atoms with van der Waals surface area (Å²) < 4.78 is 4.52. The lowest BCUT2D eigenvalue weighted by molar-refractivity contribution is 0.696. The van der Waals surface area contributed by atoms with Gasteiger partial charge in [-0.3, -0.25) is 13.9 Å².